The lowest BCUT2D eigenvalue weighted by Gasteiger charge is -2.33. The molecule has 3 aromatic rings. The molecule has 0 bridgehead atoms. The number of fused-ring (bicyclic) bond motifs is 1. The standard InChI is InChI=1S/C31H34N2O6/c1-30(2,3)19-31(4,5)23-9-13-24(14-10-23)36-18-28(34)33-32-17-21-6-11-25(12-7-21)39-29(35)22-8-15-26-27(16-22)38-20-37-26/h6-17H,18-20H2,1-5H3,(H,33,34). The summed E-state index contributed by atoms with van der Waals surface area (Å²) < 4.78 is 21.6. The third-order valence-corrected chi connectivity index (χ3v) is 6.08. The molecule has 1 heterocycles. The average Bonchev–Trinajstić information content (AvgIpc) is 3.35. The molecular formula is C31H34N2O6. The second-order valence-corrected chi connectivity index (χ2v) is 11.3. The van der Waals surface area contributed by atoms with Crippen LogP contribution >= 0.6 is 0 Å². The Morgan fingerprint density at radius 3 is 2.26 bits per heavy atom. The summed E-state index contributed by atoms with van der Waals surface area (Å²) in [5.41, 5.74) is 5.01. The van der Waals surface area contributed by atoms with Gasteiger partial charge in [0.2, 0.25) is 6.79 Å². The summed E-state index contributed by atoms with van der Waals surface area (Å²) in [6.07, 6.45) is 2.54. The van der Waals surface area contributed by atoms with E-state index in [4.69, 9.17) is 18.9 Å². The van der Waals surface area contributed by atoms with Gasteiger partial charge >= 0.3 is 5.97 Å². The number of carbonyl (C=O) groups is 2. The molecule has 8 nitrogen and oxygen atoms in total. The van der Waals surface area contributed by atoms with Crippen LogP contribution in [0.1, 0.15) is 62.5 Å². The molecule has 8 heteroatoms. The molecule has 1 aliphatic heterocycles. The van der Waals surface area contributed by atoms with Crippen molar-refractivity contribution in [2.24, 2.45) is 10.5 Å². The summed E-state index contributed by atoms with van der Waals surface area (Å²) in [5, 5.41) is 3.97. The van der Waals surface area contributed by atoms with Crippen molar-refractivity contribution in [1.29, 1.82) is 0 Å². The smallest absolute Gasteiger partial charge is 0.343 e. The first-order valence-corrected chi connectivity index (χ1v) is 12.8. The van der Waals surface area contributed by atoms with Crippen molar-refractivity contribution in [3.05, 3.63) is 83.4 Å². The Bertz CT molecular complexity index is 1340. The molecule has 0 saturated carbocycles. The first kappa shape index (κ1) is 27.7. The van der Waals surface area contributed by atoms with Crippen LogP contribution in [-0.4, -0.2) is 31.5 Å². The summed E-state index contributed by atoms with van der Waals surface area (Å²) in [5.74, 6) is 1.22. The number of rotatable bonds is 9. The zero-order valence-corrected chi connectivity index (χ0v) is 22.9. The van der Waals surface area contributed by atoms with Crippen molar-refractivity contribution in [2.45, 2.75) is 46.5 Å². The molecule has 0 unspecified atom stereocenters. The van der Waals surface area contributed by atoms with E-state index in [0.29, 0.717) is 34.1 Å². The minimum absolute atomic E-state index is 0.0376. The Hall–Kier alpha value is -4.33. The molecule has 4 rings (SSSR count). The topological polar surface area (TPSA) is 95.5 Å². The van der Waals surface area contributed by atoms with Gasteiger partial charge in [-0.05, 0) is 83.0 Å². The lowest BCUT2D eigenvalue weighted by atomic mass is 9.72. The SMILES string of the molecule is CC(C)(C)CC(C)(C)c1ccc(OCC(=O)NN=Cc2ccc(OC(=O)c3ccc4c(c3)OCO4)cc2)cc1. The molecule has 0 radical (unpaired) electrons. The largest absolute Gasteiger partial charge is 0.484 e. The highest BCUT2D eigenvalue weighted by molar-refractivity contribution is 5.92. The van der Waals surface area contributed by atoms with Gasteiger partial charge in [0.05, 0.1) is 11.8 Å². The fraction of sp³-hybridized carbons (Fsp3) is 0.323. The van der Waals surface area contributed by atoms with E-state index in [1.165, 1.54) is 11.8 Å². The van der Waals surface area contributed by atoms with E-state index in [9.17, 15) is 9.59 Å². The molecule has 204 valence electrons. The van der Waals surface area contributed by atoms with E-state index in [0.717, 1.165) is 6.42 Å². The molecule has 39 heavy (non-hydrogen) atoms. The second-order valence-electron chi connectivity index (χ2n) is 11.3. The van der Waals surface area contributed by atoms with Crippen LogP contribution in [0.2, 0.25) is 0 Å². The maximum absolute atomic E-state index is 12.4. The normalized spacial score (nSPS) is 12.8. The van der Waals surface area contributed by atoms with Crippen LogP contribution in [0.4, 0.5) is 0 Å². The van der Waals surface area contributed by atoms with Crippen molar-refractivity contribution < 1.29 is 28.5 Å². The van der Waals surface area contributed by atoms with Crippen LogP contribution in [-0.2, 0) is 10.2 Å². The molecule has 0 aliphatic carbocycles. The zero-order chi connectivity index (χ0) is 28.0. The number of ether oxygens (including phenoxy) is 4. The van der Waals surface area contributed by atoms with Gasteiger partial charge < -0.3 is 18.9 Å². The van der Waals surface area contributed by atoms with Crippen LogP contribution < -0.4 is 24.4 Å². The van der Waals surface area contributed by atoms with E-state index < -0.39 is 5.97 Å². The van der Waals surface area contributed by atoms with Gasteiger partial charge in [-0.15, -0.1) is 0 Å². The molecule has 0 atom stereocenters. The number of hydrogen-bond acceptors (Lipinski definition) is 7. The van der Waals surface area contributed by atoms with Crippen LogP contribution in [0.3, 0.4) is 0 Å². The number of amides is 1. The van der Waals surface area contributed by atoms with Gasteiger partial charge in [-0.3, -0.25) is 4.79 Å². The molecule has 0 saturated heterocycles. The van der Waals surface area contributed by atoms with Gasteiger partial charge in [-0.25, -0.2) is 10.2 Å². The summed E-state index contributed by atoms with van der Waals surface area (Å²) >= 11 is 0. The number of benzene rings is 3. The Morgan fingerprint density at radius 1 is 0.897 bits per heavy atom. The maximum atomic E-state index is 12.4. The highest BCUT2D eigenvalue weighted by atomic mass is 16.7. The Balaban J connectivity index is 1.22. The van der Waals surface area contributed by atoms with Gasteiger partial charge in [0.25, 0.3) is 5.91 Å². The summed E-state index contributed by atoms with van der Waals surface area (Å²) in [6, 6.07) is 19.5. The molecule has 1 amide bonds. The number of nitrogens with zero attached hydrogens (tertiary/aromatic N) is 1. The van der Waals surface area contributed by atoms with Crippen molar-refractivity contribution in [1.82, 2.24) is 5.43 Å². The predicted molar refractivity (Wildman–Crippen MR) is 149 cm³/mol. The van der Waals surface area contributed by atoms with Crippen molar-refractivity contribution in [2.75, 3.05) is 13.4 Å². The van der Waals surface area contributed by atoms with Crippen LogP contribution in [0.5, 0.6) is 23.0 Å². The van der Waals surface area contributed by atoms with Crippen molar-refractivity contribution in [3.8, 4) is 23.0 Å². The molecule has 0 fully saturated rings. The van der Waals surface area contributed by atoms with Crippen LogP contribution in [0.15, 0.2) is 71.8 Å². The van der Waals surface area contributed by atoms with E-state index in [1.54, 1.807) is 42.5 Å². The quantitative estimate of drug-likeness (QED) is 0.161. The Morgan fingerprint density at radius 2 is 1.56 bits per heavy atom. The van der Waals surface area contributed by atoms with E-state index in [1.807, 2.05) is 24.3 Å². The molecule has 3 aromatic carbocycles. The lowest BCUT2D eigenvalue weighted by molar-refractivity contribution is -0.123. The molecule has 0 aromatic heterocycles. The minimum Gasteiger partial charge on any atom is -0.484 e. The number of esters is 1. The van der Waals surface area contributed by atoms with Crippen molar-refractivity contribution >= 4 is 18.1 Å². The number of carbonyl (C=O) groups excluding carboxylic acids is 2. The minimum atomic E-state index is -0.509. The summed E-state index contributed by atoms with van der Waals surface area (Å²) in [6.45, 7) is 11.2. The van der Waals surface area contributed by atoms with Gasteiger partial charge in [0, 0.05) is 0 Å². The fourth-order valence-electron chi connectivity index (χ4n) is 4.60. The summed E-state index contributed by atoms with van der Waals surface area (Å²) in [4.78, 5) is 24.6. The van der Waals surface area contributed by atoms with Gasteiger partial charge in [0.15, 0.2) is 18.1 Å². The first-order chi connectivity index (χ1) is 18.5. The predicted octanol–water partition coefficient (Wildman–Crippen LogP) is 5.88. The Labute approximate surface area is 228 Å². The van der Waals surface area contributed by atoms with E-state index >= 15 is 0 Å². The highest BCUT2D eigenvalue weighted by Crippen LogP contribution is 2.36. The van der Waals surface area contributed by atoms with Crippen LogP contribution in [0.25, 0.3) is 0 Å². The van der Waals surface area contributed by atoms with E-state index in [-0.39, 0.29) is 30.1 Å². The molecule has 1 aliphatic rings. The number of nitrogens with one attached hydrogen (secondary N) is 1. The first-order valence-electron chi connectivity index (χ1n) is 12.8. The highest BCUT2D eigenvalue weighted by Gasteiger charge is 2.27. The number of hydrazone groups is 1. The summed E-state index contributed by atoms with van der Waals surface area (Å²) in [7, 11) is 0. The maximum Gasteiger partial charge on any atom is 0.343 e. The molecular weight excluding hydrogens is 496 g/mol. The fourth-order valence-corrected chi connectivity index (χ4v) is 4.60. The number of hydrogen-bond donors (Lipinski definition) is 1. The molecule has 0 spiro atoms. The average molecular weight is 531 g/mol. The lowest BCUT2D eigenvalue weighted by Crippen LogP contribution is -2.25. The molecule has 1 N–H and O–H groups in total. The van der Waals surface area contributed by atoms with Gasteiger partial charge in [-0.1, -0.05) is 46.8 Å². The van der Waals surface area contributed by atoms with Gasteiger partial charge in [-0.2, -0.15) is 5.10 Å². The monoisotopic (exact) mass is 530 g/mol. The van der Waals surface area contributed by atoms with Crippen molar-refractivity contribution in [3.63, 3.8) is 0 Å². The third kappa shape index (κ3) is 7.83. The van der Waals surface area contributed by atoms with E-state index in [2.05, 4.69) is 45.1 Å². The van der Waals surface area contributed by atoms with Gasteiger partial charge in [0.1, 0.15) is 11.5 Å². The van der Waals surface area contributed by atoms with Crippen LogP contribution in [0, 0.1) is 5.41 Å². The second kappa shape index (κ2) is 11.6. The Kier molecular flexibility index (Phi) is 8.24. The third-order valence-electron chi connectivity index (χ3n) is 6.08. The zero-order valence-electron chi connectivity index (χ0n) is 22.9.